The predicted molar refractivity (Wildman–Crippen MR) is 109 cm³/mol. The summed E-state index contributed by atoms with van der Waals surface area (Å²) in [6.45, 7) is 7.09. The Kier molecular flexibility index (Phi) is 7.20. The Balaban J connectivity index is 1.62. The number of likely N-dealkylation sites (N-methyl/N-ethyl adjacent to an activating group) is 1. The minimum absolute atomic E-state index is 0.313. The second-order valence-electron chi connectivity index (χ2n) is 8.53. The number of thioether (sulfide) groups is 1. The van der Waals surface area contributed by atoms with E-state index in [0.717, 1.165) is 36.9 Å². The SMILES string of the molecule is CSc1nnc([C@@H]2CCC[NH+](CC(=O)N(C)C3CCCCC3)C2)n1C(C)C. The van der Waals surface area contributed by atoms with Crippen LogP contribution in [-0.4, -0.2) is 64.6 Å². The third kappa shape index (κ3) is 4.86. The summed E-state index contributed by atoms with van der Waals surface area (Å²) in [5.41, 5.74) is 0. The van der Waals surface area contributed by atoms with Crippen molar-refractivity contribution >= 4 is 17.7 Å². The first-order valence-corrected chi connectivity index (χ1v) is 11.8. The summed E-state index contributed by atoms with van der Waals surface area (Å²) in [5.74, 6) is 1.82. The van der Waals surface area contributed by atoms with Crippen LogP contribution >= 0.6 is 11.8 Å². The van der Waals surface area contributed by atoms with Gasteiger partial charge in [0.1, 0.15) is 5.82 Å². The molecule has 2 aliphatic rings. The van der Waals surface area contributed by atoms with Gasteiger partial charge in [0.15, 0.2) is 11.7 Å². The lowest BCUT2D eigenvalue weighted by Gasteiger charge is -2.34. The van der Waals surface area contributed by atoms with Crippen molar-refractivity contribution in [2.24, 2.45) is 0 Å². The van der Waals surface area contributed by atoms with Crippen LogP contribution in [0.1, 0.15) is 76.6 Å². The molecule has 2 atom stereocenters. The molecule has 0 spiro atoms. The Morgan fingerprint density at radius 1 is 1.22 bits per heavy atom. The van der Waals surface area contributed by atoms with Crippen LogP contribution in [0.3, 0.4) is 0 Å². The third-order valence-electron chi connectivity index (χ3n) is 6.29. The number of nitrogens with zero attached hydrogens (tertiary/aromatic N) is 4. The van der Waals surface area contributed by atoms with Crippen molar-refractivity contribution in [1.29, 1.82) is 0 Å². The molecule has 3 rings (SSSR count). The Morgan fingerprint density at radius 3 is 2.63 bits per heavy atom. The normalized spacial score (nSPS) is 24.3. The Labute approximate surface area is 168 Å². The second kappa shape index (κ2) is 9.41. The van der Waals surface area contributed by atoms with Crippen molar-refractivity contribution in [3.8, 4) is 0 Å². The minimum Gasteiger partial charge on any atom is -0.338 e. The average Bonchev–Trinajstić information content (AvgIpc) is 3.13. The number of aromatic nitrogens is 3. The zero-order chi connectivity index (χ0) is 19.4. The van der Waals surface area contributed by atoms with Gasteiger partial charge in [-0.1, -0.05) is 31.0 Å². The van der Waals surface area contributed by atoms with E-state index in [9.17, 15) is 4.79 Å². The fraction of sp³-hybridized carbons (Fsp3) is 0.850. The maximum atomic E-state index is 12.8. The predicted octanol–water partition coefficient (Wildman–Crippen LogP) is 2.13. The highest BCUT2D eigenvalue weighted by atomic mass is 32.2. The number of quaternary nitrogens is 1. The van der Waals surface area contributed by atoms with E-state index in [-0.39, 0.29) is 0 Å². The van der Waals surface area contributed by atoms with Gasteiger partial charge in [0, 0.05) is 19.1 Å². The first-order chi connectivity index (χ1) is 13.0. The minimum atomic E-state index is 0.313. The molecule has 0 radical (unpaired) electrons. The number of nitrogens with one attached hydrogen (secondary N) is 1. The molecule has 1 aliphatic carbocycles. The summed E-state index contributed by atoms with van der Waals surface area (Å²) < 4.78 is 2.29. The van der Waals surface area contributed by atoms with Gasteiger partial charge in [0.2, 0.25) is 0 Å². The van der Waals surface area contributed by atoms with Gasteiger partial charge in [-0.25, -0.2) is 0 Å². The van der Waals surface area contributed by atoms with Gasteiger partial charge in [0.05, 0.1) is 19.0 Å². The summed E-state index contributed by atoms with van der Waals surface area (Å²) in [4.78, 5) is 16.3. The summed E-state index contributed by atoms with van der Waals surface area (Å²) in [7, 11) is 2.01. The highest BCUT2D eigenvalue weighted by Gasteiger charge is 2.32. The van der Waals surface area contributed by atoms with Gasteiger partial charge in [-0.05, 0) is 45.8 Å². The Morgan fingerprint density at radius 2 is 1.96 bits per heavy atom. The molecule has 7 heteroatoms. The van der Waals surface area contributed by atoms with E-state index < -0.39 is 0 Å². The quantitative estimate of drug-likeness (QED) is 0.751. The summed E-state index contributed by atoms with van der Waals surface area (Å²) >= 11 is 1.66. The molecule has 1 saturated heterocycles. The molecule has 152 valence electrons. The Hall–Kier alpha value is -1.08. The number of carbonyl (C=O) groups is 1. The first-order valence-electron chi connectivity index (χ1n) is 10.6. The molecular weight excluding hydrogens is 358 g/mol. The molecule has 0 aromatic carbocycles. The highest BCUT2D eigenvalue weighted by molar-refractivity contribution is 7.98. The average molecular weight is 395 g/mol. The van der Waals surface area contributed by atoms with E-state index in [2.05, 4.69) is 34.9 Å². The number of amides is 1. The van der Waals surface area contributed by atoms with Gasteiger partial charge in [-0.3, -0.25) is 4.79 Å². The number of carbonyl (C=O) groups excluding carboxylic acids is 1. The van der Waals surface area contributed by atoms with E-state index >= 15 is 0 Å². The van der Waals surface area contributed by atoms with Crippen LogP contribution in [0.2, 0.25) is 0 Å². The molecule has 2 heterocycles. The van der Waals surface area contributed by atoms with Gasteiger partial charge >= 0.3 is 0 Å². The molecule has 2 fully saturated rings. The molecular formula is C20H36N5OS+. The summed E-state index contributed by atoms with van der Waals surface area (Å²) in [6.07, 6.45) is 10.6. The topological polar surface area (TPSA) is 55.5 Å². The van der Waals surface area contributed by atoms with Crippen molar-refractivity contribution in [2.75, 3.05) is 32.9 Å². The maximum Gasteiger partial charge on any atom is 0.277 e. The molecule has 1 aromatic heterocycles. The van der Waals surface area contributed by atoms with Crippen LogP contribution in [0.15, 0.2) is 5.16 Å². The molecule has 1 aromatic rings. The number of piperidine rings is 1. The number of hydrogen-bond donors (Lipinski definition) is 1. The van der Waals surface area contributed by atoms with E-state index in [1.165, 1.54) is 37.0 Å². The van der Waals surface area contributed by atoms with Gasteiger partial charge < -0.3 is 14.4 Å². The van der Waals surface area contributed by atoms with Crippen molar-refractivity contribution in [1.82, 2.24) is 19.7 Å². The molecule has 27 heavy (non-hydrogen) atoms. The van der Waals surface area contributed by atoms with E-state index in [1.54, 1.807) is 11.8 Å². The van der Waals surface area contributed by atoms with Crippen LogP contribution in [0.5, 0.6) is 0 Å². The van der Waals surface area contributed by atoms with Gasteiger partial charge in [0.25, 0.3) is 5.91 Å². The molecule has 1 saturated carbocycles. The monoisotopic (exact) mass is 394 g/mol. The van der Waals surface area contributed by atoms with Crippen molar-refractivity contribution < 1.29 is 9.69 Å². The largest absolute Gasteiger partial charge is 0.338 e. The van der Waals surface area contributed by atoms with Gasteiger partial charge in [-0.15, -0.1) is 10.2 Å². The zero-order valence-corrected chi connectivity index (χ0v) is 18.2. The van der Waals surface area contributed by atoms with Crippen LogP contribution in [0.25, 0.3) is 0 Å². The fourth-order valence-electron chi connectivity index (χ4n) is 4.73. The third-order valence-corrected chi connectivity index (χ3v) is 6.93. The van der Waals surface area contributed by atoms with E-state index in [4.69, 9.17) is 0 Å². The van der Waals surface area contributed by atoms with Crippen LogP contribution < -0.4 is 4.90 Å². The molecule has 6 nitrogen and oxygen atoms in total. The molecule has 1 N–H and O–H groups in total. The Bertz CT molecular complexity index is 626. The number of rotatable bonds is 6. The lowest BCUT2D eigenvalue weighted by molar-refractivity contribution is -0.898. The molecule has 1 aliphatic heterocycles. The number of hydrogen-bond acceptors (Lipinski definition) is 4. The van der Waals surface area contributed by atoms with E-state index in [0.29, 0.717) is 30.5 Å². The maximum absolute atomic E-state index is 12.8. The van der Waals surface area contributed by atoms with Crippen molar-refractivity contribution in [3.63, 3.8) is 0 Å². The molecule has 1 amide bonds. The van der Waals surface area contributed by atoms with Gasteiger partial charge in [-0.2, -0.15) is 0 Å². The zero-order valence-electron chi connectivity index (χ0n) is 17.4. The van der Waals surface area contributed by atoms with Crippen LogP contribution in [0.4, 0.5) is 0 Å². The van der Waals surface area contributed by atoms with Crippen molar-refractivity contribution in [2.45, 2.75) is 82.0 Å². The first kappa shape index (κ1) is 20.6. The highest BCUT2D eigenvalue weighted by Crippen LogP contribution is 2.27. The molecule has 1 unspecified atom stereocenters. The van der Waals surface area contributed by atoms with Crippen molar-refractivity contribution in [3.05, 3.63) is 5.82 Å². The summed E-state index contributed by atoms with van der Waals surface area (Å²) in [5, 5.41) is 9.94. The smallest absolute Gasteiger partial charge is 0.277 e. The standard InChI is InChI=1S/C20H35N5OS/c1-15(2)25-19(21-22-20(25)27-4)16-9-8-12-24(13-16)14-18(26)23(3)17-10-6-5-7-11-17/h15-17H,5-14H2,1-4H3/p+1/t16-/m1/s1. The molecule has 0 bridgehead atoms. The fourth-order valence-corrected chi connectivity index (χ4v) is 5.36. The van der Waals surface area contributed by atoms with E-state index in [1.807, 2.05) is 11.9 Å². The lowest BCUT2D eigenvalue weighted by atomic mass is 9.94. The van der Waals surface area contributed by atoms with Crippen LogP contribution in [0, 0.1) is 0 Å². The second-order valence-corrected chi connectivity index (χ2v) is 9.30. The summed E-state index contributed by atoms with van der Waals surface area (Å²) in [6, 6.07) is 0.821. The lowest BCUT2D eigenvalue weighted by Crippen LogP contribution is -3.14. The number of likely N-dealkylation sites (tertiary alicyclic amines) is 1. The van der Waals surface area contributed by atoms with Crippen LogP contribution in [-0.2, 0) is 4.79 Å².